The second kappa shape index (κ2) is 15.8. The molecule has 0 heterocycles. The van der Waals surface area contributed by atoms with Gasteiger partial charge in [-0.1, -0.05) is 135 Å². The molecule has 1 amide bonds. The van der Waals surface area contributed by atoms with Crippen LogP contribution in [-0.2, 0) is 36.9 Å². The zero-order valence-corrected chi connectivity index (χ0v) is 42.4. The van der Waals surface area contributed by atoms with Crippen molar-refractivity contribution in [3.8, 4) is 0 Å². The number of benzene rings is 2. The summed E-state index contributed by atoms with van der Waals surface area (Å²) in [5, 5.41) is 26.1. The van der Waals surface area contributed by atoms with E-state index in [1.54, 1.807) is 0 Å². The van der Waals surface area contributed by atoms with E-state index in [4.69, 9.17) is 4.74 Å². The predicted molar refractivity (Wildman–Crippen MR) is 261 cm³/mol. The van der Waals surface area contributed by atoms with Gasteiger partial charge < -0.3 is 20.3 Å². The van der Waals surface area contributed by atoms with Gasteiger partial charge in [0.05, 0.1) is 22.2 Å². The first-order valence-corrected chi connectivity index (χ1v) is 26.0. The summed E-state index contributed by atoms with van der Waals surface area (Å²) in [6.45, 7) is 27.6. The second-order valence-electron chi connectivity index (χ2n) is 26.1. The van der Waals surface area contributed by atoms with Crippen LogP contribution in [0.3, 0.4) is 0 Å². The molecular formula is C59H81NO7. The van der Waals surface area contributed by atoms with Crippen LogP contribution >= 0.6 is 0 Å². The Morgan fingerprint density at radius 3 is 1.90 bits per heavy atom. The molecule has 364 valence electrons. The molecule has 2 aromatic rings. The number of fused-ring (bicyclic) bond motifs is 7. The van der Waals surface area contributed by atoms with Gasteiger partial charge in [-0.3, -0.25) is 19.2 Å². The highest BCUT2D eigenvalue weighted by Gasteiger charge is 2.81. The molecule has 0 saturated heterocycles. The highest BCUT2D eigenvalue weighted by Crippen LogP contribution is 2.81. The van der Waals surface area contributed by atoms with Gasteiger partial charge in [0.2, 0.25) is 5.91 Å². The quantitative estimate of drug-likeness (QED) is 0.151. The molecule has 9 rings (SSSR count). The van der Waals surface area contributed by atoms with Crippen LogP contribution in [0.2, 0.25) is 0 Å². The Hall–Kier alpha value is -3.94. The first kappa shape index (κ1) is 48.1. The van der Waals surface area contributed by atoms with E-state index in [1.807, 2.05) is 74.5 Å². The third-order valence-electron chi connectivity index (χ3n) is 23.3. The summed E-state index contributed by atoms with van der Waals surface area (Å²) < 4.78 is 5.79. The summed E-state index contributed by atoms with van der Waals surface area (Å²) in [5.74, 6) is -0.557. The molecule has 0 radical (unpaired) electrons. The Labute approximate surface area is 401 Å². The van der Waals surface area contributed by atoms with Crippen molar-refractivity contribution in [2.24, 2.45) is 90.2 Å². The molecule has 14 atom stereocenters. The highest BCUT2D eigenvalue weighted by molar-refractivity contribution is 5.87. The van der Waals surface area contributed by atoms with Crippen molar-refractivity contribution in [2.75, 3.05) is 0 Å². The molecule has 2 aromatic carbocycles. The number of rotatable bonds is 11. The number of carboxylic acids is 2. The number of hydrogen-bond donors (Lipinski definition) is 3. The maximum absolute atomic E-state index is 15.2. The standard InChI is InChI=1S/C59H81NO7/c1-36(2)39-24-29-57(48(62)60-45-32-41(51(45,3)4)47(61)67-34-38-20-16-13-17-21-38)31-30-55(10)40(46(39)57)22-23-44-54(9)27-25-43(52(5,6)42(54)26-28-56(44,55)11)59(50(65)66)35-58(49(63)64,53(59,7)8)33-37-18-14-12-15-19-37/h12-21,39-46H,1,22-35H2,2-11H3,(H,60,62)(H,63,64)(H,65,66)/t39-,40+,41+,42+,43-,44+,45+,46+,54+,55+,56+,57-,58-,59+/m0/s1. The van der Waals surface area contributed by atoms with Gasteiger partial charge in [-0.2, -0.15) is 0 Å². The lowest BCUT2D eigenvalue weighted by atomic mass is 9.27. The monoisotopic (exact) mass is 916 g/mol. The van der Waals surface area contributed by atoms with Crippen molar-refractivity contribution in [1.29, 1.82) is 0 Å². The molecule has 67 heavy (non-hydrogen) atoms. The van der Waals surface area contributed by atoms with Crippen LogP contribution < -0.4 is 5.32 Å². The van der Waals surface area contributed by atoms with Gasteiger partial charge in [-0.25, -0.2) is 0 Å². The molecule has 0 spiro atoms. The number of esters is 1. The number of ether oxygens (including phenoxy) is 1. The molecule has 0 aromatic heterocycles. The molecule has 8 nitrogen and oxygen atoms in total. The molecule has 0 bridgehead atoms. The number of carboxylic acid groups (broad SMARTS) is 2. The number of carbonyl (C=O) groups excluding carboxylic acids is 2. The van der Waals surface area contributed by atoms with Gasteiger partial charge in [0.25, 0.3) is 0 Å². The normalized spacial score (nSPS) is 43.0. The Morgan fingerprint density at radius 2 is 1.31 bits per heavy atom. The SMILES string of the molecule is C=C(C)[C@@H]1CC[C@]2(C(=O)N[C@@H]3C[C@H](C(=O)OCc4ccccc4)C3(C)C)CC[C@]3(C)[C@H](CC[C@@H]4[C@]5(C)CC[C@H]([C@@]6(C(=O)O)C[C@@](Cc7ccccc7)(C(=O)O)C6(C)C)C(C)(C)[C@H]5CC[C@]43C)[C@@H]12. The molecule has 0 unspecified atom stereocenters. The average molecular weight is 916 g/mol. The van der Waals surface area contributed by atoms with Crippen LogP contribution in [0.15, 0.2) is 72.8 Å². The van der Waals surface area contributed by atoms with Gasteiger partial charge >= 0.3 is 17.9 Å². The fourth-order valence-corrected chi connectivity index (χ4v) is 19.1. The molecule has 7 aliphatic rings. The summed E-state index contributed by atoms with van der Waals surface area (Å²) in [6.07, 6.45) is 10.7. The van der Waals surface area contributed by atoms with Crippen molar-refractivity contribution >= 4 is 23.8 Å². The minimum absolute atomic E-state index is 0.00752. The fourth-order valence-electron chi connectivity index (χ4n) is 19.1. The largest absolute Gasteiger partial charge is 0.481 e. The van der Waals surface area contributed by atoms with E-state index in [2.05, 4.69) is 67.3 Å². The van der Waals surface area contributed by atoms with Gasteiger partial charge in [0.1, 0.15) is 6.61 Å². The number of allylic oxidation sites excluding steroid dienone is 1. The topological polar surface area (TPSA) is 130 Å². The summed E-state index contributed by atoms with van der Waals surface area (Å²) in [6, 6.07) is 19.4. The van der Waals surface area contributed by atoms with Crippen LogP contribution in [0.4, 0.5) is 0 Å². The number of amides is 1. The van der Waals surface area contributed by atoms with E-state index < -0.39 is 39.0 Å². The van der Waals surface area contributed by atoms with Crippen molar-refractivity contribution in [2.45, 2.75) is 165 Å². The molecule has 8 heteroatoms. The maximum atomic E-state index is 15.2. The van der Waals surface area contributed by atoms with Crippen LogP contribution in [0, 0.1) is 90.2 Å². The highest BCUT2D eigenvalue weighted by atomic mass is 16.5. The molecule has 7 aliphatic carbocycles. The van der Waals surface area contributed by atoms with Crippen molar-refractivity contribution in [3.05, 3.63) is 83.9 Å². The Bertz CT molecular complexity index is 2320. The van der Waals surface area contributed by atoms with E-state index in [0.717, 1.165) is 75.3 Å². The summed E-state index contributed by atoms with van der Waals surface area (Å²) in [4.78, 5) is 56.0. The third kappa shape index (κ3) is 6.40. The molecule has 7 fully saturated rings. The minimum atomic E-state index is -1.18. The van der Waals surface area contributed by atoms with Crippen molar-refractivity contribution < 1.29 is 34.1 Å². The van der Waals surface area contributed by atoms with Crippen LogP contribution in [0.1, 0.15) is 157 Å². The molecule has 3 N–H and O–H groups in total. The summed E-state index contributed by atoms with van der Waals surface area (Å²) >= 11 is 0. The Kier molecular flexibility index (Phi) is 11.3. The van der Waals surface area contributed by atoms with Crippen LogP contribution in [-0.4, -0.2) is 40.1 Å². The maximum Gasteiger partial charge on any atom is 0.310 e. The molecule has 7 saturated carbocycles. The predicted octanol–water partition coefficient (Wildman–Crippen LogP) is 12.3. The van der Waals surface area contributed by atoms with Crippen LogP contribution in [0.25, 0.3) is 0 Å². The number of nitrogens with one attached hydrogen (secondary N) is 1. The van der Waals surface area contributed by atoms with E-state index in [1.165, 1.54) is 5.57 Å². The second-order valence-corrected chi connectivity index (χ2v) is 26.1. The Balaban J connectivity index is 0.955. The number of carbonyl (C=O) groups is 4. The molecule has 0 aliphatic heterocycles. The van der Waals surface area contributed by atoms with Gasteiger partial charge in [0, 0.05) is 6.04 Å². The molecular weight excluding hydrogens is 835 g/mol. The van der Waals surface area contributed by atoms with E-state index in [-0.39, 0.29) is 76.3 Å². The summed E-state index contributed by atoms with van der Waals surface area (Å²) in [7, 11) is 0. The third-order valence-corrected chi connectivity index (χ3v) is 23.3. The smallest absolute Gasteiger partial charge is 0.310 e. The lowest BCUT2D eigenvalue weighted by Crippen LogP contribution is -2.75. The number of hydrogen-bond acceptors (Lipinski definition) is 5. The zero-order chi connectivity index (χ0) is 48.5. The first-order chi connectivity index (χ1) is 31.3. The van der Waals surface area contributed by atoms with Crippen LogP contribution in [0.5, 0.6) is 0 Å². The average Bonchev–Trinajstić information content (AvgIpc) is 3.68. The zero-order valence-electron chi connectivity index (χ0n) is 42.4. The Morgan fingerprint density at radius 1 is 0.687 bits per heavy atom. The van der Waals surface area contributed by atoms with Gasteiger partial charge in [-0.05, 0) is 170 Å². The van der Waals surface area contributed by atoms with Crippen molar-refractivity contribution in [3.63, 3.8) is 0 Å². The van der Waals surface area contributed by atoms with E-state index in [0.29, 0.717) is 30.6 Å². The lowest BCUT2D eigenvalue weighted by molar-refractivity contribution is -0.285. The first-order valence-electron chi connectivity index (χ1n) is 26.0. The van der Waals surface area contributed by atoms with E-state index in [9.17, 15) is 24.6 Å². The fraction of sp³-hybridized carbons (Fsp3) is 0.695. The van der Waals surface area contributed by atoms with Gasteiger partial charge in [-0.15, -0.1) is 0 Å². The number of aliphatic carboxylic acids is 2. The summed E-state index contributed by atoms with van der Waals surface area (Å²) in [5.41, 5.74) is -1.41. The van der Waals surface area contributed by atoms with E-state index >= 15 is 4.79 Å². The van der Waals surface area contributed by atoms with Gasteiger partial charge in [0.15, 0.2) is 0 Å². The van der Waals surface area contributed by atoms with Crippen molar-refractivity contribution in [1.82, 2.24) is 5.32 Å². The lowest BCUT2D eigenvalue weighted by Gasteiger charge is -2.75. The minimum Gasteiger partial charge on any atom is -0.481 e.